The Kier molecular flexibility index (Phi) is 43.2. The largest absolute Gasteiger partial charge is 0.508 e. The predicted molar refractivity (Wildman–Crippen MR) is 428 cm³/mol. The van der Waals surface area contributed by atoms with Gasteiger partial charge in [-0.15, -0.1) is 11.8 Å². The quantitative estimate of drug-likeness (QED) is 0.0216. The second-order valence-electron chi connectivity index (χ2n) is 29.3. The Morgan fingerprint density at radius 3 is 1.66 bits per heavy atom. The third-order valence-electron chi connectivity index (χ3n) is 18.6. The maximum atomic E-state index is 14.7. The van der Waals surface area contributed by atoms with Gasteiger partial charge in [0.15, 0.2) is 0 Å². The molecule has 2 heterocycles. The van der Waals surface area contributed by atoms with Gasteiger partial charge < -0.3 is 104 Å². The summed E-state index contributed by atoms with van der Waals surface area (Å²) < 4.78 is 16.7. The van der Waals surface area contributed by atoms with Crippen LogP contribution in [0.4, 0.5) is 4.79 Å². The SMILES string of the molecule is CC(C)C[C@H](NC(=O)[C@@H](NC(=O)CNC(=O)CCC(=O)NCCCOCCOCCOCCCNC(=O)CCCC[C@@H]1SC[C@@H]2NC(=O)N[C@@H]21)C(C)C)C(=O)N[C@@H](CCCCNC(=O)C[C@H](Sc1ccc2ccccc2c1)C(=O)O)C(=O)N[C@@H](CCC(=O)O)C(=O)N[C@@H](Cc1ccc(O)cc1)C(=O)NCC(=O)N[C@H](C(N)=O)C(C)C. The number of hydrogen-bond donors (Lipinski definition) is 17. The summed E-state index contributed by atoms with van der Waals surface area (Å²) >= 11 is 2.87. The van der Waals surface area contributed by atoms with Gasteiger partial charge in [0.05, 0.1) is 51.6 Å². The zero-order valence-corrected chi connectivity index (χ0v) is 67.9. The summed E-state index contributed by atoms with van der Waals surface area (Å²) in [5.41, 5.74) is 5.85. The van der Waals surface area contributed by atoms with Gasteiger partial charge in [-0.05, 0) is 116 Å². The predicted octanol–water partition coefficient (Wildman–Crippen LogP) is 1.43. The molecule has 2 saturated heterocycles. The number of benzene rings is 3. The van der Waals surface area contributed by atoms with Crippen LogP contribution in [0.3, 0.4) is 0 Å². The van der Waals surface area contributed by atoms with Crippen molar-refractivity contribution in [3.05, 3.63) is 72.3 Å². The van der Waals surface area contributed by atoms with Gasteiger partial charge in [0.25, 0.3) is 0 Å². The number of nitrogens with two attached hydrogens (primary N) is 1. The van der Waals surface area contributed by atoms with E-state index in [-0.39, 0.29) is 93.7 Å². The molecule has 636 valence electrons. The number of ether oxygens (including phenoxy) is 3. The van der Waals surface area contributed by atoms with E-state index in [2.05, 4.69) is 69.1 Å². The molecule has 0 aromatic heterocycles. The number of thioether (sulfide) groups is 2. The molecule has 0 aliphatic carbocycles. The van der Waals surface area contributed by atoms with Gasteiger partial charge in [0.1, 0.15) is 47.3 Å². The van der Waals surface area contributed by atoms with Gasteiger partial charge in [0.2, 0.25) is 70.9 Å². The monoisotopic (exact) mass is 1650 g/mol. The topological polar surface area (TPSA) is 527 Å². The van der Waals surface area contributed by atoms with Crippen LogP contribution in [0.15, 0.2) is 71.6 Å². The summed E-state index contributed by atoms with van der Waals surface area (Å²) in [5.74, 6) is -12.0. The van der Waals surface area contributed by atoms with Gasteiger partial charge in [-0.2, -0.15) is 11.8 Å². The number of fused-ring (bicyclic) bond motifs is 2. The number of carbonyl (C=O) groups excluding carboxylic acids is 13. The molecule has 14 amide bonds. The molecule has 5 rings (SSSR count). The highest BCUT2D eigenvalue weighted by molar-refractivity contribution is 8.00. The molecule has 2 fully saturated rings. The highest BCUT2D eigenvalue weighted by Gasteiger charge is 2.43. The number of carbonyl (C=O) groups is 15. The Hall–Kier alpha value is -9.85. The van der Waals surface area contributed by atoms with E-state index in [1.54, 1.807) is 47.6 Å². The fourth-order valence-corrected chi connectivity index (χ4v) is 14.9. The minimum atomic E-state index is -1.73. The average molecular weight is 1650 g/mol. The van der Waals surface area contributed by atoms with Crippen LogP contribution in [0, 0.1) is 17.8 Å². The first-order chi connectivity index (χ1) is 54.8. The normalized spacial score (nSPS) is 16.0. The third kappa shape index (κ3) is 37.5. The molecule has 2 aliphatic heterocycles. The molecule has 0 unspecified atom stereocenters. The van der Waals surface area contributed by atoms with Gasteiger partial charge in [-0.25, -0.2) is 4.79 Å². The zero-order valence-electron chi connectivity index (χ0n) is 66.2. The van der Waals surface area contributed by atoms with E-state index in [1.807, 2.05) is 48.2 Å². The van der Waals surface area contributed by atoms with Crippen LogP contribution in [-0.4, -0.2) is 241 Å². The number of aromatic hydroxyl groups is 1. The number of hydrogen-bond acceptors (Lipinski definition) is 21. The molecule has 0 radical (unpaired) electrons. The number of phenolic OH excluding ortho intramolecular Hbond substituents is 1. The Morgan fingerprint density at radius 1 is 0.522 bits per heavy atom. The Balaban J connectivity index is 1.11. The van der Waals surface area contributed by atoms with Crippen LogP contribution >= 0.6 is 23.5 Å². The number of unbranched alkanes of at least 4 members (excludes halogenated alkanes) is 2. The second-order valence-corrected chi connectivity index (χ2v) is 31.8. The maximum absolute atomic E-state index is 14.7. The lowest BCUT2D eigenvalue weighted by Crippen LogP contribution is -2.60. The standard InChI is InChI=1S/C78H116N14O21S2/c1-46(2)39-56(88-76(107)69(48(5)6)91-65(98)43-83-63(96)28-27-62(95)81-32-14-34-112-36-38-113-37-35-111-33-13-31-80-61(94)19-10-9-18-59-70-58(45-114-59)89-78(110)92-70)75(106)85-54(17-11-12-30-82-64(97)42-60(77(108)109)115-53-25-22-50-15-7-8-16-51(50)41-53)73(104)86-55(26-29-67(100)101)74(105)87-57(40-49-20-23-52(93)24-21-49)72(103)84-44-66(99)90-68(47(3)4)71(79)102/h7-8,15-16,20-25,41,46-48,54-60,68-70,93H,9-14,17-19,26-40,42-45H2,1-6H3,(H2,79,102)(H,80,94)(H,81,95)(H,82,97)(H,83,96)(H,84,103)(H,85,106)(H,86,104)(H,87,105)(H,88,107)(H,90,99)(H,91,98)(H,100,101)(H,108,109)(H2,89,92,110)/t54-,55-,56-,57-,58-,59-,60-,68-,69-,70-/m0/s1. The Labute approximate surface area is 678 Å². The van der Waals surface area contributed by atoms with Gasteiger partial charge in [-0.1, -0.05) is 90.4 Å². The maximum Gasteiger partial charge on any atom is 0.317 e. The number of aliphatic carboxylic acids is 2. The molecule has 35 nitrogen and oxygen atoms in total. The molecule has 37 heteroatoms. The van der Waals surface area contributed by atoms with E-state index >= 15 is 0 Å². The van der Waals surface area contributed by atoms with Crippen molar-refractivity contribution >= 4 is 123 Å². The minimum Gasteiger partial charge on any atom is -0.508 e. The summed E-state index contributed by atoms with van der Waals surface area (Å²) in [6, 6.07) is 10.1. The van der Waals surface area contributed by atoms with Crippen LogP contribution in [0.1, 0.15) is 143 Å². The molecule has 115 heavy (non-hydrogen) atoms. The van der Waals surface area contributed by atoms with Crippen molar-refractivity contribution in [1.29, 1.82) is 0 Å². The number of carboxylic acid groups (broad SMARTS) is 2. The highest BCUT2D eigenvalue weighted by atomic mass is 32.2. The van der Waals surface area contributed by atoms with Crippen molar-refractivity contribution in [2.24, 2.45) is 23.5 Å². The minimum absolute atomic E-state index is 0.00835. The first kappa shape index (κ1) is 95.7. The molecule has 2 aliphatic rings. The number of nitrogens with one attached hydrogen (secondary N) is 13. The number of phenols is 1. The number of carboxylic acids is 2. The molecule has 0 bridgehead atoms. The summed E-state index contributed by atoms with van der Waals surface area (Å²) in [6.07, 6.45) is 1.82. The van der Waals surface area contributed by atoms with Crippen LogP contribution in [0.2, 0.25) is 0 Å². The second kappa shape index (κ2) is 51.9. The lowest BCUT2D eigenvalue weighted by molar-refractivity contribution is -0.139. The summed E-state index contributed by atoms with van der Waals surface area (Å²) in [7, 11) is 0. The van der Waals surface area contributed by atoms with Crippen LogP contribution < -0.4 is 74.9 Å². The third-order valence-corrected chi connectivity index (χ3v) is 21.2. The highest BCUT2D eigenvalue weighted by Crippen LogP contribution is 2.33. The summed E-state index contributed by atoms with van der Waals surface area (Å²) in [5, 5.41) is 65.5. The fourth-order valence-electron chi connectivity index (χ4n) is 12.3. The van der Waals surface area contributed by atoms with E-state index in [0.717, 1.165) is 47.5 Å². The van der Waals surface area contributed by atoms with Crippen LogP contribution in [0.5, 0.6) is 5.75 Å². The van der Waals surface area contributed by atoms with Crippen LogP contribution in [-0.2, 0) is 87.8 Å². The van der Waals surface area contributed by atoms with Crippen molar-refractivity contribution in [2.75, 3.05) is 78.1 Å². The van der Waals surface area contributed by atoms with E-state index in [1.165, 1.54) is 24.3 Å². The summed E-state index contributed by atoms with van der Waals surface area (Å²) in [4.78, 5) is 198. The molecule has 0 spiro atoms. The van der Waals surface area contributed by atoms with Crippen molar-refractivity contribution in [3.8, 4) is 5.75 Å². The summed E-state index contributed by atoms with van der Waals surface area (Å²) in [6.45, 7) is 11.7. The first-order valence-electron chi connectivity index (χ1n) is 39.1. The van der Waals surface area contributed by atoms with E-state index < -0.39 is 163 Å². The van der Waals surface area contributed by atoms with Crippen molar-refractivity contribution < 1.29 is 101 Å². The van der Waals surface area contributed by atoms with Crippen molar-refractivity contribution in [2.45, 2.75) is 208 Å². The smallest absolute Gasteiger partial charge is 0.317 e. The Bertz CT molecular complexity index is 3730. The number of primary amides is 1. The van der Waals surface area contributed by atoms with Crippen molar-refractivity contribution in [1.82, 2.24) is 69.1 Å². The lowest BCUT2D eigenvalue weighted by atomic mass is 9.99. The molecule has 3 aromatic carbocycles. The number of rotatable bonds is 57. The average Bonchev–Trinajstić information content (AvgIpc) is 1.64. The molecule has 18 N–H and O–H groups in total. The zero-order chi connectivity index (χ0) is 84.4. The van der Waals surface area contributed by atoms with Gasteiger partial charge in [0, 0.05) is 87.3 Å². The Morgan fingerprint density at radius 2 is 1.06 bits per heavy atom. The molecular formula is C78H116N14O21S2. The van der Waals surface area contributed by atoms with Gasteiger partial charge >= 0.3 is 18.0 Å². The van der Waals surface area contributed by atoms with Crippen LogP contribution in [0.25, 0.3) is 10.8 Å². The van der Waals surface area contributed by atoms with E-state index in [9.17, 15) is 87.2 Å². The number of urea groups is 1. The van der Waals surface area contributed by atoms with E-state index in [4.69, 9.17) is 19.9 Å². The van der Waals surface area contributed by atoms with Gasteiger partial charge in [-0.3, -0.25) is 67.1 Å². The van der Waals surface area contributed by atoms with Crippen molar-refractivity contribution in [3.63, 3.8) is 0 Å². The van der Waals surface area contributed by atoms with E-state index in [0.29, 0.717) is 81.2 Å². The molecule has 0 saturated carbocycles. The molecular weight excluding hydrogens is 1530 g/mol. The first-order valence-corrected chi connectivity index (χ1v) is 41.0. The fraction of sp³-hybridized carbons (Fsp3) is 0.603. The molecule has 3 aromatic rings. The molecule has 10 atom stereocenters. The number of amides is 14. The lowest BCUT2D eigenvalue weighted by Gasteiger charge is -2.28.